The number of fused-ring (bicyclic) bond motifs is 1. The molecule has 0 bridgehead atoms. The molecule has 0 unspecified atom stereocenters. The van der Waals surface area contributed by atoms with Gasteiger partial charge in [0.1, 0.15) is 18.2 Å². The maximum atomic E-state index is 13.1. The number of hydrogen-bond acceptors (Lipinski definition) is 4. The van der Waals surface area contributed by atoms with E-state index in [9.17, 15) is 12.8 Å². The number of benzene rings is 2. The molecule has 2 aromatic rings. The van der Waals surface area contributed by atoms with Gasteiger partial charge in [0.05, 0.1) is 4.90 Å². The van der Waals surface area contributed by atoms with Gasteiger partial charge in [-0.3, -0.25) is 0 Å². The van der Waals surface area contributed by atoms with E-state index in [1.807, 2.05) is 0 Å². The van der Waals surface area contributed by atoms with E-state index in [4.69, 9.17) is 10.5 Å². The first kappa shape index (κ1) is 14.7. The van der Waals surface area contributed by atoms with E-state index in [-0.39, 0.29) is 18.0 Å². The molecule has 4 nitrogen and oxygen atoms in total. The normalized spacial score (nSPS) is 15.3. The van der Waals surface area contributed by atoms with Gasteiger partial charge in [-0.05, 0) is 23.8 Å². The summed E-state index contributed by atoms with van der Waals surface area (Å²) in [6.45, 7) is 0.267. The van der Waals surface area contributed by atoms with Crippen LogP contribution >= 0.6 is 0 Å². The largest absolute Gasteiger partial charge is 0.489 e. The highest BCUT2D eigenvalue weighted by molar-refractivity contribution is 7.95. The number of rotatable bonds is 4. The summed E-state index contributed by atoms with van der Waals surface area (Å²) < 4.78 is 43.0. The van der Waals surface area contributed by atoms with Crippen molar-refractivity contribution < 1.29 is 17.5 Å². The van der Waals surface area contributed by atoms with Crippen LogP contribution in [0.2, 0.25) is 0 Å². The van der Waals surface area contributed by atoms with E-state index in [0.717, 1.165) is 5.56 Å². The molecule has 0 spiro atoms. The lowest BCUT2D eigenvalue weighted by molar-refractivity contribution is 0.367. The molecule has 1 heterocycles. The van der Waals surface area contributed by atoms with Gasteiger partial charge in [0.15, 0.2) is 0 Å². The SMILES string of the molecule is NCc1cccc2c1C(COc1cccc(F)c1)=CS2(=O)=O. The van der Waals surface area contributed by atoms with Gasteiger partial charge in [-0.2, -0.15) is 0 Å². The van der Waals surface area contributed by atoms with Crippen LogP contribution in [0.1, 0.15) is 11.1 Å². The van der Waals surface area contributed by atoms with Crippen molar-refractivity contribution in [2.24, 2.45) is 5.73 Å². The van der Waals surface area contributed by atoms with Gasteiger partial charge in [-0.15, -0.1) is 0 Å². The minimum absolute atomic E-state index is 0.0344. The van der Waals surface area contributed by atoms with Gasteiger partial charge in [-0.25, -0.2) is 12.8 Å². The Balaban J connectivity index is 1.93. The van der Waals surface area contributed by atoms with Crippen molar-refractivity contribution in [2.75, 3.05) is 6.61 Å². The second kappa shape index (κ2) is 5.55. The van der Waals surface area contributed by atoms with Gasteiger partial charge in [0.2, 0.25) is 9.84 Å². The molecule has 0 aromatic heterocycles. The predicted octanol–water partition coefficient (Wildman–Crippen LogP) is 2.49. The van der Waals surface area contributed by atoms with E-state index in [0.29, 0.717) is 16.9 Å². The molecule has 2 N–H and O–H groups in total. The molecule has 0 radical (unpaired) electrons. The molecule has 6 heteroatoms. The molecular weight excluding hydrogens is 305 g/mol. The van der Waals surface area contributed by atoms with Gasteiger partial charge >= 0.3 is 0 Å². The first-order valence-corrected chi connectivity index (χ1v) is 8.22. The van der Waals surface area contributed by atoms with E-state index in [2.05, 4.69) is 0 Å². The monoisotopic (exact) mass is 319 g/mol. The quantitative estimate of drug-likeness (QED) is 0.940. The van der Waals surface area contributed by atoms with Gasteiger partial charge < -0.3 is 10.5 Å². The van der Waals surface area contributed by atoms with Crippen molar-refractivity contribution in [3.8, 4) is 5.75 Å². The minimum atomic E-state index is -3.47. The van der Waals surface area contributed by atoms with E-state index >= 15 is 0 Å². The molecule has 1 aliphatic rings. The van der Waals surface area contributed by atoms with Crippen LogP contribution in [0.3, 0.4) is 0 Å². The van der Waals surface area contributed by atoms with Crippen molar-refractivity contribution in [2.45, 2.75) is 11.4 Å². The van der Waals surface area contributed by atoms with Crippen LogP contribution in [0, 0.1) is 5.82 Å². The van der Waals surface area contributed by atoms with Gasteiger partial charge in [-0.1, -0.05) is 18.2 Å². The fourth-order valence-electron chi connectivity index (χ4n) is 2.48. The summed E-state index contributed by atoms with van der Waals surface area (Å²) in [5, 5.41) is 1.19. The lowest BCUT2D eigenvalue weighted by Crippen LogP contribution is -2.06. The van der Waals surface area contributed by atoms with Gasteiger partial charge in [0, 0.05) is 29.2 Å². The summed E-state index contributed by atoms with van der Waals surface area (Å²) in [4.78, 5) is 0.244. The fourth-order valence-corrected chi connectivity index (χ4v) is 3.98. The smallest absolute Gasteiger partial charge is 0.200 e. The Morgan fingerprint density at radius 1 is 1.14 bits per heavy atom. The minimum Gasteiger partial charge on any atom is -0.489 e. The Labute approximate surface area is 127 Å². The first-order chi connectivity index (χ1) is 10.5. The number of sulfone groups is 1. The summed E-state index contributed by atoms with van der Waals surface area (Å²) >= 11 is 0. The standard InChI is InChI=1S/C16H14FNO3S/c17-13-4-2-5-14(7-13)21-9-12-10-22(19,20)15-6-1-3-11(8-18)16(12)15/h1-7,10H,8-9,18H2. The maximum absolute atomic E-state index is 13.1. The Morgan fingerprint density at radius 2 is 1.91 bits per heavy atom. The van der Waals surface area contributed by atoms with Gasteiger partial charge in [0.25, 0.3) is 0 Å². The Kier molecular flexibility index (Phi) is 3.72. The number of ether oxygens (including phenoxy) is 1. The van der Waals surface area contributed by atoms with Crippen LogP contribution < -0.4 is 10.5 Å². The van der Waals surface area contributed by atoms with Crippen LogP contribution in [0.4, 0.5) is 4.39 Å². The van der Waals surface area contributed by atoms with Crippen molar-refractivity contribution >= 4 is 15.4 Å². The van der Waals surface area contributed by atoms with E-state index < -0.39 is 15.7 Å². The third-order valence-corrected chi connectivity index (χ3v) is 5.00. The highest BCUT2D eigenvalue weighted by atomic mass is 32.2. The fraction of sp³-hybridized carbons (Fsp3) is 0.125. The second-order valence-electron chi connectivity index (χ2n) is 4.93. The molecule has 0 saturated carbocycles. The lowest BCUT2D eigenvalue weighted by Gasteiger charge is -2.11. The van der Waals surface area contributed by atoms with Crippen LogP contribution in [0.25, 0.3) is 5.57 Å². The summed E-state index contributed by atoms with van der Waals surface area (Å²) in [5.74, 6) is -0.0643. The molecule has 2 aromatic carbocycles. The van der Waals surface area contributed by atoms with Crippen molar-refractivity contribution in [1.29, 1.82) is 0 Å². The zero-order valence-corrected chi connectivity index (χ0v) is 12.4. The van der Waals surface area contributed by atoms with Crippen LogP contribution in [-0.4, -0.2) is 15.0 Å². The molecule has 0 atom stereocenters. The number of nitrogens with two attached hydrogens (primary N) is 1. The Hall–Kier alpha value is -2.18. The van der Waals surface area contributed by atoms with Crippen LogP contribution in [-0.2, 0) is 16.4 Å². The molecule has 22 heavy (non-hydrogen) atoms. The van der Waals surface area contributed by atoms with E-state index in [1.54, 1.807) is 24.3 Å². The van der Waals surface area contributed by atoms with E-state index in [1.165, 1.54) is 23.6 Å². The lowest BCUT2D eigenvalue weighted by atomic mass is 10.0. The van der Waals surface area contributed by atoms with Crippen LogP contribution in [0.5, 0.6) is 5.75 Å². The summed E-state index contributed by atoms with van der Waals surface area (Å²) in [6, 6.07) is 10.7. The Bertz CT molecular complexity index is 859. The first-order valence-electron chi connectivity index (χ1n) is 6.67. The highest BCUT2D eigenvalue weighted by Gasteiger charge is 2.28. The summed E-state index contributed by atoms with van der Waals surface area (Å²) in [5.41, 5.74) is 7.56. The second-order valence-corrected chi connectivity index (χ2v) is 6.69. The number of halogens is 1. The van der Waals surface area contributed by atoms with Crippen molar-refractivity contribution in [3.63, 3.8) is 0 Å². The molecule has 0 fully saturated rings. The average molecular weight is 319 g/mol. The highest BCUT2D eigenvalue weighted by Crippen LogP contribution is 2.36. The predicted molar refractivity (Wildman–Crippen MR) is 81.4 cm³/mol. The molecule has 1 aliphatic heterocycles. The Morgan fingerprint density at radius 3 is 2.64 bits per heavy atom. The zero-order chi connectivity index (χ0) is 15.7. The molecule has 3 rings (SSSR count). The zero-order valence-electron chi connectivity index (χ0n) is 11.6. The van der Waals surface area contributed by atoms with Crippen LogP contribution in [0.15, 0.2) is 52.8 Å². The topological polar surface area (TPSA) is 69.4 Å². The third-order valence-electron chi connectivity index (χ3n) is 3.45. The molecule has 0 saturated heterocycles. The molecule has 0 aliphatic carbocycles. The average Bonchev–Trinajstić information content (AvgIpc) is 2.77. The molecule has 114 valence electrons. The summed E-state index contributed by atoms with van der Waals surface area (Å²) in [7, 11) is -3.47. The number of hydrogen-bond donors (Lipinski definition) is 1. The third kappa shape index (κ3) is 2.63. The summed E-state index contributed by atoms with van der Waals surface area (Å²) in [6.07, 6.45) is 0. The molecular formula is C16H14FNO3S. The van der Waals surface area contributed by atoms with Crippen molar-refractivity contribution in [3.05, 3.63) is 64.8 Å². The van der Waals surface area contributed by atoms with Crippen molar-refractivity contribution in [1.82, 2.24) is 0 Å². The molecule has 0 amide bonds. The maximum Gasteiger partial charge on any atom is 0.200 e.